The van der Waals surface area contributed by atoms with Gasteiger partial charge in [0, 0.05) is 6.20 Å². The molecule has 0 unspecified atom stereocenters. The Bertz CT molecular complexity index is 984. The van der Waals surface area contributed by atoms with Gasteiger partial charge in [0.1, 0.15) is 5.69 Å². The number of carbonyl (C=O) groups is 3. The van der Waals surface area contributed by atoms with E-state index in [-0.39, 0.29) is 17.6 Å². The van der Waals surface area contributed by atoms with Crippen LogP contribution in [0.2, 0.25) is 0 Å². The number of H-pyrrole nitrogens is 1. The number of hydrogen-bond donors (Lipinski definition) is 3. The van der Waals surface area contributed by atoms with Gasteiger partial charge in [-0.15, -0.1) is 0 Å². The normalized spacial score (nSPS) is 11.3. The molecule has 7 nitrogen and oxygen atoms in total. The van der Waals surface area contributed by atoms with Crippen LogP contribution in [0.25, 0.3) is 0 Å². The number of hydrogen-bond acceptors (Lipinski definition) is 4. The molecule has 0 saturated heterocycles. The largest absolute Gasteiger partial charge is 0.451 e. The van der Waals surface area contributed by atoms with E-state index >= 15 is 0 Å². The summed E-state index contributed by atoms with van der Waals surface area (Å²) in [5.41, 5.74) is 1.89. The number of esters is 1. The van der Waals surface area contributed by atoms with Crippen LogP contribution in [-0.4, -0.2) is 29.4 Å². The summed E-state index contributed by atoms with van der Waals surface area (Å²) < 4.78 is 4.96. The van der Waals surface area contributed by atoms with Gasteiger partial charge in [-0.2, -0.15) is 0 Å². The molecule has 29 heavy (non-hydrogen) atoms. The Morgan fingerprint density at radius 1 is 0.966 bits per heavy atom. The third-order valence-electron chi connectivity index (χ3n) is 4.25. The van der Waals surface area contributed by atoms with E-state index in [0.717, 1.165) is 5.56 Å². The predicted octanol–water partition coefficient (Wildman–Crippen LogP) is 3.30. The Morgan fingerprint density at radius 3 is 2.41 bits per heavy atom. The first-order chi connectivity index (χ1) is 14.0. The zero-order valence-corrected chi connectivity index (χ0v) is 15.8. The zero-order chi connectivity index (χ0) is 20.6. The van der Waals surface area contributed by atoms with Crippen molar-refractivity contribution in [2.24, 2.45) is 0 Å². The predicted molar refractivity (Wildman–Crippen MR) is 108 cm³/mol. The average Bonchev–Trinajstić information content (AvgIpc) is 3.28. The molecule has 0 aliphatic rings. The van der Waals surface area contributed by atoms with E-state index in [1.807, 2.05) is 37.3 Å². The topological polar surface area (TPSA) is 100 Å². The highest BCUT2D eigenvalue weighted by Crippen LogP contribution is 2.18. The fourth-order valence-electron chi connectivity index (χ4n) is 2.74. The molecule has 0 aliphatic carbocycles. The maximum atomic E-state index is 12.7. The number of para-hydroxylation sites is 1. The van der Waals surface area contributed by atoms with Gasteiger partial charge < -0.3 is 20.4 Å². The van der Waals surface area contributed by atoms with Crippen molar-refractivity contribution < 1.29 is 19.1 Å². The second-order valence-electron chi connectivity index (χ2n) is 6.36. The number of anilines is 1. The summed E-state index contributed by atoms with van der Waals surface area (Å²) in [6.45, 7) is 1.42. The number of carbonyl (C=O) groups excluding carboxylic acids is 3. The molecule has 7 heteroatoms. The van der Waals surface area contributed by atoms with Gasteiger partial charge in [0.2, 0.25) is 0 Å². The number of rotatable bonds is 7. The third-order valence-corrected chi connectivity index (χ3v) is 4.25. The second-order valence-corrected chi connectivity index (χ2v) is 6.36. The summed E-state index contributed by atoms with van der Waals surface area (Å²) in [6.07, 6.45) is 1.59. The van der Waals surface area contributed by atoms with Gasteiger partial charge in [-0.05, 0) is 36.8 Å². The first-order valence-corrected chi connectivity index (χ1v) is 9.10. The molecule has 3 rings (SSSR count). The van der Waals surface area contributed by atoms with E-state index in [1.165, 1.54) is 0 Å². The molecule has 2 amide bonds. The molecule has 1 atom stereocenters. The molecule has 3 N–H and O–H groups in total. The monoisotopic (exact) mass is 391 g/mol. The first kappa shape index (κ1) is 19.9. The van der Waals surface area contributed by atoms with E-state index in [4.69, 9.17) is 4.74 Å². The van der Waals surface area contributed by atoms with Crippen LogP contribution in [0.5, 0.6) is 0 Å². The molecule has 0 radical (unpaired) electrons. The number of nitrogens with one attached hydrogen (secondary N) is 3. The van der Waals surface area contributed by atoms with Crippen LogP contribution in [0.3, 0.4) is 0 Å². The minimum atomic E-state index is -0.632. The van der Waals surface area contributed by atoms with E-state index < -0.39 is 18.5 Å². The van der Waals surface area contributed by atoms with E-state index in [9.17, 15) is 14.4 Å². The molecule has 0 spiro atoms. The number of amides is 2. The SMILES string of the molecule is C[C@@H](NC(=O)c1ccccc1NC(=O)COC(=O)c1ccc[nH]1)c1ccccc1. The van der Waals surface area contributed by atoms with Crippen molar-refractivity contribution >= 4 is 23.5 Å². The second kappa shape index (κ2) is 9.36. The van der Waals surface area contributed by atoms with Crippen LogP contribution < -0.4 is 10.6 Å². The summed E-state index contributed by atoms with van der Waals surface area (Å²) in [5, 5.41) is 5.53. The van der Waals surface area contributed by atoms with Crippen molar-refractivity contribution in [1.82, 2.24) is 10.3 Å². The quantitative estimate of drug-likeness (QED) is 0.538. The number of aromatic nitrogens is 1. The van der Waals surface area contributed by atoms with Crippen molar-refractivity contribution in [2.45, 2.75) is 13.0 Å². The van der Waals surface area contributed by atoms with Crippen LogP contribution in [0.4, 0.5) is 5.69 Å². The number of ether oxygens (including phenoxy) is 1. The van der Waals surface area contributed by atoms with Gasteiger partial charge in [0.15, 0.2) is 6.61 Å². The molecular formula is C22H21N3O4. The molecule has 0 bridgehead atoms. The van der Waals surface area contributed by atoms with Crippen molar-refractivity contribution in [3.63, 3.8) is 0 Å². The van der Waals surface area contributed by atoms with Crippen LogP contribution in [0, 0.1) is 0 Å². The van der Waals surface area contributed by atoms with Crippen molar-refractivity contribution in [3.05, 3.63) is 89.7 Å². The highest BCUT2D eigenvalue weighted by atomic mass is 16.5. The molecule has 0 fully saturated rings. The van der Waals surface area contributed by atoms with Crippen LogP contribution in [-0.2, 0) is 9.53 Å². The number of benzene rings is 2. The lowest BCUT2D eigenvalue weighted by Crippen LogP contribution is -2.28. The van der Waals surface area contributed by atoms with E-state index in [1.54, 1.807) is 42.6 Å². The molecule has 1 heterocycles. The summed E-state index contributed by atoms with van der Waals surface area (Å²) in [4.78, 5) is 39.4. The van der Waals surface area contributed by atoms with Crippen molar-refractivity contribution in [3.8, 4) is 0 Å². The molecule has 0 saturated carbocycles. The van der Waals surface area contributed by atoms with Gasteiger partial charge in [-0.3, -0.25) is 9.59 Å². The Kier molecular flexibility index (Phi) is 6.42. The fraction of sp³-hybridized carbons (Fsp3) is 0.136. The molecule has 1 aromatic heterocycles. The van der Waals surface area contributed by atoms with E-state index in [2.05, 4.69) is 15.6 Å². The maximum Gasteiger partial charge on any atom is 0.355 e. The summed E-state index contributed by atoms with van der Waals surface area (Å²) >= 11 is 0. The lowest BCUT2D eigenvalue weighted by Gasteiger charge is -2.16. The summed E-state index contributed by atoms with van der Waals surface area (Å²) in [5.74, 6) is -1.49. The van der Waals surface area contributed by atoms with Gasteiger partial charge in [-0.25, -0.2) is 4.79 Å². The lowest BCUT2D eigenvalue weighted by atomic mass is 10.1. The van der Waals surface area contributed by atoms with Gasteiger partial charge in [0.25, 0.3) is 11.8 Å². The average molecular weight is 391 g/mol. The molecular weight excluding hydrogens is 370 g/mol. The molecule has 2 aromatic carbocycles. The lowest BCUT2D eigenvalue weighted by molar-refractivity contribution is -0.119. The van der Waals surface area contributed by atoms with E-state index in [0.29, 0.717) is 11.3 Å². The molecule has 3 aromatic rings. The highest BCUT2D eigenvalue weighted by Gasteiger charge is 2.17. The van der Waals surface area contributed by atoms with Crippen LogP contribution >= 0.6 is 0 Å². The van der Waals surface area contributed by atoms with Crippen molar-refractivity contribution in [1.29, 1.82) is 0 Å². The number of aromatic amines is 1. The third kappa shape index (κ3) is 5.32. The maximum absolute atomic E-state index is 12.7. The van der Waals surface area contributed by atoms with Crippen molar-refractivity contribution in [2.75, 3.05) is 11.9 Å². The molecule has 0 aliphatic heterocycles. The van der Waals surface area contributed by atoms with Gasteiger partial charge >= 0.3 is 5.97 Å². The van der Waals surface area contributed by atoms with Gasteiger partial charge in [-0.1, -0.05) is 42.5 Å². The Labute approximate surface area is 168 Å². The fourth-order valence-corrected chi connectivity index (χ4v) is 2.74. The minimum absolute atomic E-state index is 0.200. The minimum Gasteiger partial charge on any atom is -0.451 e. The Hall–Kier alpha value is -3.87. The Morgan fingerprint density at radius 2 is 1.69 bits per heavy atom. The summed E-state index contributed by atoms with van der Waals surface area (Å²) in [6, 6.07) is 19.2. The standard InChI is InChI=1S/C22H21N3O4/c1-15(16-8-3-2-4-9-16)24-21(27)17-10-5-6-11-18(17)25-20(26)14-29-22(28)19-12-7-13-23-19/h2-13,15,23H,14H2,1H3,(H,24,27)(H,25,26)/t15-/m1/s1. The zero-order valence-electron chi connectivity index (χ0n) is 15.8. The Balaban J connectivity index is 1.61. The van der Waals surface area contributed by atoms with Crippen LogP contribution in [0.1, 0.15) is 39.4 Å². The summed E-state index contributed by atoms with van der Waals surface area (Å²) in [7, 11) is 0. The highest BCUT2D eigenvalue weighted by molar-refractivity contribution is 6.04. The van der Waals surface area contributed by atoms with Crippen LogP contribution in [0.15, 0.2) is 72.9 Å². The first-order valence-electron chi connectivity index (χ1n) is 9.10. The van der Waals surface area contributed by atoms with Gasteiger partial charge in [0.05, 0.1) is 17.3 Å². The molecule has 148 valence electrons. The smallest absolute Gasteiger partial charge is 0.355 e.